The summed E-state index contributed by atoms with van der Waals surface area (Å²) in [5, 5.41) is 11.1. The molecule has 272 valence electrons. The third kappa shape index (κ3) is 9.24. The van der Waals surface area contributed by atoms with Crippen LogP contribution in [0.4, 0.5) is 0 Å². The maximum Gasteiger partial charge on any atom is 0.144 e. The molecule has 0 atom stereocenters. The van der Waals surface area contributed by atoms with Crippen molar-refractivity contribution >= 4 is 67.4 Å². The van der Waals surface area contributed by atoms with Gasteiger partial charge in [0.15, 0.2) is 0 Å². The molecule has 0 aromatic heterocycles. The first-order valence-electron chi connectivity index (χ1n) is 17.7. The maximum atomic E-state index is 8.52. The van der Waals surface area contributed by atoms with Gasteiger partial charge in [0.2, 0.25) is 0 Å². The lowest BCUT2D eigenvalue weighted by Crippen LogP contribution is -2.38. The first-order chi connectivity index (χ1) is 26.8. The summed E-state index contributed by atoms with van der Waals surface area (Å²) in [5.41, 5.74) is 0. The minimum absolute atomic E-state index is 1.39. The first kappa shape index (κ1) is 39.2. The van der Waals surface area contributed by atoms with Gasteiger partial charge in [0.05, 0.1) is 0 Å². The summed E-state index contributed by atoms with van der Waals surface area (Å²) < 4.78 is 34.1. The third-order valence-corrected chi connectivity index (χ3v) is 17.7. The second-order valence-corrected chi connectivity index (χ2v) is 20.1. The number of benzene rings is 8. The molecule has 0 aliphatic heterocycles. The van der Waals surface area contributed by atoms with Crippen LogP contribution >= 0.6 is 14.5 Å². The van der Waals surface area contributed by atoms with E-state index in [1.165, 1.54) is 42.4 Å². The summed E-state index contributed by atoms with van der Waals surface area (Å²) in [6.07, 6.45) is 0. The Morgan fingerprint density at radius 2 is 0.327 bits per heavy atom. The predicted octanol–water partition coefficient (Wildman–Crippen LogP) is 7.27. The average molecular weight is 775 g/mol. The van der Waals surface area contributed by atoms with E-state index in [9.17, 15) is 0 Å². The van der Waals surface area contributed by atoms with Crippen LogP contribution in [-0.4, -0.2) is 17.5 Å². The van der Waals surface area contributed by atoms with Gasteiger partial charge in [0.25, 0.3) is 0 Å². The molecule has 0 bridgehead atoms. The van der Waals surface area contributed by atoms with Crippen molar-refractivity contribution in [3.8, 4) is 0 Å². The van der Waals surface area contributed by atoms with E-state index in [1.807, 2.05) is 0 Å². The van der Waals surface area contributed by atoms with Gasteiger partial charge >= 0.3 is 0 Å². The van der Waals surface area contributed by atoms with Crippen LogP contribution in [-0.2, 0) is 10.4 Å². The minimum Gasteiger partial charge on any atom is -0.759 e. The van der Waals surface area contributed by atoms with Crippen LogP contribution in [0.15, 0.2) is 243 Å². The highest BCUT2D eigenvalue weighted by Crippen LogP contribution is 2.55. The fraction of sp³-hybridized carbons (Fsp3) is 0. The molecule has 0 amide bonds. The molecule has 0 unspecified atom stereocenters. The molecule has 0 heterocycles. The summed E-state index contributed by atoms with van der Waals surface area (Å²) >= 11 is 0. The Morgan fingerprint density at radius 1 is 0.236 bits per heavy atom. The minimum atomic E-state index is -5.17. The summed E-state index contributed by atoms with van der Waals surface area (Å²) in [7, 11) is -8.98. The van der Waals surface area contributed by atoms with Gasteiger partial charge in [-0.05, 0) is 97.1 Å². The summed E-state index contributed by atoms with van der Waals surface area (Å²) in [5.74, 6) is 0. The van der Waals surface area contributed by atoms with Crippen molar-refractivity contribution in [2.75, 3.05) is 0 Å². The van der Waals surface area contributed by atoms with E-state index < -0.39 is 24.9 Å². The molecule has 0 radical (unpaired) electrons. The molecule has 0 aliphatic carbocycles. The lowest BCUT2D eigenvalue weighted by Gasteiger charge is -2.27. The van der Waals surface area contributed by atoms with E-state index in [0.717, 1.165) is 0 Å². The van der Waals surface area contributed by atoms with Crippen LogP contribution in [0.25, 0.3) is 0 Å². The highest BCUT2D eigenvalue weighted by atomic mass is 32.3. The van der Waals surface area contributed by atoms with E-state index in [-0.39, 0.29) is 0 Å². The smallest absolute Gasteiger partial charge is 0.144 e. The van der Waals surface area contributed by atoms with Crippen LogP contribution in [0.2, 0.25) is 0 Å². The topological polar surface area (TPSA) is 80.3 Å². The second-order valence-electron chi connectivity index (χ2n) is 12.4. The fourth-order valence-electron chi connectivity index (χ4n) is 7.00. The molecule has 7 heteroatoms. The highest BCUT2D eigenvalue weighted by molar-refractivity contribution is 8.02. The zero-order chi connectivity index (χ0) is 38.4. The molecule has 0 N–H and O–H groups in total. The van der Waals surface area contributed by atoms with Crippen molar-refractivity contribution < 1.29 is 17.5 Å². The Balaban J connectivity index is 0.000000167. The van der Waals surface area contributed by atoms with E-state index in [0.29, 0.717) is 0 Å². The van der Waals surface area contributed by atoms with Gasteiger partial charge in [0.1, 0.15) is 57.0 Å². The summed E-state index contributed by atoms with van der Waals surface area (Å²) in [6, 6.07) is 87.7. The van der Waals surface area contributed by atoms with Crippen LogP contribution < -0.4 is 42.4 Å². The quantitative estimate of drug-likeness (QED) is 0.0925. The average Bonchev–Trinajstić information content (AvgIpc) is 3.24. The molecular formula is C48H40O4P2S. The molecule has 4 nitrogen and oxygen atoms in total. The second kappa shape index (κ2) is 18.7. The van der Waals surface area contributed by atoms with Gasteiger partial charge in [-0.3, -0.25) is 8.42 Å². The van der Waals surface area contributed by atoms with Gasteiger partial charge in [-0.2, -0.15) is 0 Å². The Bertz CT molecular complexity index is 1930. The van der Waals surface area contributed by atoms with Crippen molar-refractivity contribution in [1.29, 1.82) is 0 Å². The van der Waals surface area contributed by atoms with Crippen LogP contribution in [0.3, 0.4) is 0 Å². The van der Waals surface area contributed by atoms with Crippen molar-refractivity contribution in [2.45, 2.75) is 0 Å². The molecule has 0 saturated carbocycles. The fourth-order valence-corrected chi connectivity index (χ4v) is 15.5. The lowest BCUT2D eigenvalue weighted by molar-refractivity contribution is 0.352. The van der Waals surface area contributed by atoms with E-state index in [4.69, 9.17) is 17.5 Å². The molecule has 0 saturated heterocycles. The van der Waals surface area contributed by atoms with Crippen molar-refractivity contribution in [3.05, 3.63) is 243 Å². The van der Waals surface area contributed by atoms with Gasteiger partial charge in [0, 0.05) is 10.4 Å². The molecule has 0 aliphatic rings. The Labute approximate surface area is 326 Å². The molecule has 8 rings (SSSR count). The highest BCUT2D eigenvalue weighted by Gasteiger charge is 2.48. The van der Waals surface area contributed by atoms with Crippen molar-refractivity contribution in [1.82, 2.24) is 0 Å². The monoisotopic (exact) mass is 774 g/mol. The zero-order valence-corrected chi connectivity index (χ0v) is 32.6. The number of hydrogen-bond donors (Lipinski definition) is 0. The van der Waals surface area contributed by atoms with Gasteiger partial charge in [-0.1, -0.05) is 146 Å². The Hall–Kier alpha value is -5.51. The van der Waals surface area contributed by atoms with E-state index in [1.54, 1.807) is 0 Å². The van der Waals surface area contributed by atoms with Gasteiger partial charge < -0.3 is 9.11 Å². The predicted molar refractivity (Wildman–Crippen MR) is 233 cm³/mol. The normalized spacial score (nSPS) is 11.2. The summed E-state index contributed by atoms with van der Waals surface area (Å²) in [6.45, 7) is 0. The molecule has 0 fully saturated rings. The zero-order valence-electron chi connectivity index (χ0n) is 30.0. The van der Waals surface area contributed by atoms with Crippen LogP contribution in [0.1, 0.15) is 0 Å². The maximum absolute atomic E-state index is 8.52. The molecule has 55 heavy (non-hydrogen) atoms. The van der Waals surface area contributed by atoms with Crippen LogP contribution in [0, 0.1) is 0 Å². The molecular weight excluding hydrogens is 735 g/mol. The van der Waals surface area contributed by atoms with E-state index in [2.05, 4.69) is 243 Å². The molecule has 0 spiro atoms. The lowest BCUT2D eigenvalue weighted by atomic mass is 10.3. The number of rotatable bonds is 8. The Kier molecular flexibility index (Phi) is 13.3. The SMILES string of the molecule is O=S(=O)([O-])[O-].c1ccc([P+](c2ccccc2)(c2ccccc2)c2ccccc2)cc1.c1ccc([P+](c2ccccc2)(c2ccccc2)c2ccccc2)cc1. The third-order valence-electron chi connectivity index (χ3n) is 9.15. The van der Waals surface area contributed by atoms with E-state index >= 15 is 0 Å². The van der Waals surface area contributed by atoms with Crippen molar-refractivity contribution in [3.63, 3.8) is 0 Å². The van der Waals surface area contributed by atoms with Crippen molar-refractivity contribution in [2.24, 2.45) is 0 Å². The largest absolute Gasteiger partial charge is 0.759 e. The molecule has 8 aromatic carbocycles. The Morgan fingerprint density at radius 3 is 0.418 bits per heavy atom. The molecule has 8 aromatic rings. The van der Waals surface area contributed by atoms with Crippen LogP contribution in [0.5, 0.6) is 0 Å². The van der Waals surface area contributed by atoms with Gasteiger partial charge in [-0.15, -0.1) is 0 Å². The standard InChI is InChI=1S/2C24H20P.H2O4S/c2*1-5-13-21(14-6-1)25(22-15-7-2-8-16-22,23-17-9-3-10-18-23)24-19-11-4-12-20-24;1-5(2,3)4/h2*1-20H;(H2,1,2,3,4)/q2*+1;/p-2. The summed E-state index contributed by atoms with van der Waals surface area (Å²) in [4.78, 5) is 0. The first-order valence-corrected chi connectivity index (χ1v) is 22.7. The van der Waals surface area contributed by atoms with Gasteiger partial charge in [-0.25, -0.2) is 0 Å². The number of hydrogen-bond acceptors (Lipinski definition) is 4.